The standard InChI is InChI=1S/C18H23N5O2/c1-3-17(24)22-11-9-14(12-22)20-18(25)21-16-8-10-19-23(16)15-7-5-4-6-13(15)2/h4-8,10,14H,3,9,11-12H2,1-2H3,(H2,20,21,25). The fraction of sp³-hybridized carbons (Fsp3) is 0.389. The second-order valence-electron chi connectivity index (χ2n) is 6.19. The molecular weight excluding hydrogens is 318 g/mol. The van der Waals surface area contributed by atoms with Gasteiger partial charge in [0.05, 0.1) is 11.9 Å². The molecule has 0 saturated carbocycles. The molecule has 0 spiro atoms. The summed E-state index contributed by atoms with van der Waals surface area (Å²) in [6.07, 6.45) is 2.92. The number of urea groups is 1. The number of para-hydroxylation sites is 1. The zero-order valence-electron chi connectivity index (χ0n) is 14.5. The average Bonchev–Trinajstić information content (AvgIpc) is 3.24. The lowest BCUT2D eigenvalue weighted by Gasteiger charge is -2.17. The van der Waals surface area contributed by atoms with E-state index in [1.54, 1.807) is 21.8 Å². The minimum atomic E-state index is -0.286. The topological polar surface area (TPSA) is 79.3 Å². The largest absolute Gasteiger partial charge is 0.341 e. The van der Waals surface area contributed by atoms with Gasteiger partial charge in [0.25, 0.3) is 0 Å². The average molecular weight is 341 g/mol. The third kappa shape index (κ3) is 3.81. The lowest BCUT2D eigenvalue weighted by Crippen LogP contribution is -2.40. The molecule has 1 aliphatic heterocycles. The molecule has 0 aliphatic carbocycles. The van der Waals surface area contributed by atoms with Crippen LogP contribution in [0.1, 0.15) is 25.3 Å². The van der Waals surface area contributed by atoms with Gasteiger partial charge in [0.1, 0.15) is 5.82 Å². The number of anilines is 1. The van der Waals surface area contributed by atoms with Crippen molar-refractivity contribution < 1.29 is 9.59 Å². The molecule has 7 nitrogen and oxygen atoms in total. The molecule has 0 bridgehead atoms. The van der Waals surface area contributed by atoms with Gasteiger partial charge in [0, 0.05) is 31.6 Å². The van der Waals surface area contributed by atoms with Crippen LogP contribution in [0.2, 0.25) is 0 Å². The van der Waals surface area contributed by atoms with Crippen molar-refractivity contribution in [1.82, 2.24) is 20.0 Å². The Kier molecular flexibility index (Phi) is 5.02. The lowest BCUT2D eigenvalue weighted by atomic mass is 10.2. The van der Waals surface area contributed by atoms with E-state index in [-0.39, 0.29) is 18.0 Å². The molecule has 1 saturated heterocycles. The van der Waals surface area contributed by atoms with Crippen molar-refractivity contribution in [3.8, 4) is 5.69 Å². The number of nitrogens with zero attached hydrogens (tertiary/aromatic N) is 3. The van der Waals surface area contributed by atoms with E-state index in [4.69, 9.17) is 0 Å². The number of carbonyl (C=O) groups excluding carboxylic acids is 2. The number of amides is 3. The number of likely N-dealkylation sites (tertiary alicyclic amines) is 1. The van der Waals surface area contributed by atoms with Gasteiger partial charge in [-0.15, -0.1) is 0 Å². The number of aryl methyl sites for hydroxylation is 1. The number of hydrogen-bond acceptors (Lipinski definition) is 3. The number of nitrogens with one attached hydrogen (secondary N) is 2. The zero-order chi connectivity index (χ0) is 17.8. The Balaban J connectivity index is 1.63. The van der Waals surface area contributed by atoms with Crippen LogP contribution in [0.25, 0.3) is 5.69 Å². The highest BCUT2D eigenvalue weighted by Crippen LogP contribution is 2.18. The van der Waals surface area contributed by atoms with Crippen molar-refractivity contribution >= 4 is 17.8 Å². The first-order valence-corrected chi connectivity index (χ1v) is 8.53. The van der Waals surface area contributed by atoms with Crippen molar-refractivity contribution in [3.63, 3.8) is 0 Å². The molecule has 1 fully saturated rings. The number of benzene rings is 1. The highest BCUT2D eigenvalue weighted by molar-refractivity contribution is 5.89. The summed E-state index contributed by atoms with van der Waals surface area (Å²) in [7, 11) is 0. The van der Waals surface area contributed by atoms with Crippen molar-refractivity contribution in [2.45, 2.75) is 32.7 Å². The minimum absolute atomic E-state index is 0.0228. The van der Waals surface area contributed by atoms with Crippen LogP contribution in [0.4, 0.5) is 10.6 Å². The van der Waals surface area contributed by atoms with Crippen LogP contribution in [0.5, 0.6) is 0 Å². The second kappa shape index (κ2) is 7.38. The summed E-state index contributed by atoms with van der Waals surface area (Å²) < 4.78 is 1.70. The Hall–Kier alpha value is -2.83. The van der Waals surface area contributed by atoms with E-state index in [2.05, 4.69) is 15.7 Å². The molecule has 1 unspecified atom stereocenters. The van der Waals surface area contributed by atoms with Gasteiger partial charge in [-0.1, -0.05) is 25.1 Å². The van der Waals surface area contributed by atoms with Crippen LogP contribution in [-0.4, -0.2) is 45.8 Å². The zero-order valence-corrected chi connectivity index (χ0v) is 14.5. The van der Waals surface area contributed by atoms with Crippen LogP contribution in [0, 0.1) is 6.92 Å². The third-order valence-corrected chi connectivity index (χ3v) is 4.41. The summed E-state index contributed by atoms with van der Waals surface area (Å²) in [4.78, 5) is 25.8. The Labute approximate surface area is 147 Å². The summed E-state index contributed by atoms with van der Waals surface area (Å²) in [5, 5.41) is 10.1. The normalized spacial score (nSPS) is 16.7. The molecule has 1 aromatic heterocycles. The predicted octanol–water partition coefficient (Wildman–Crippen LogP) is 2.31. The summed E-state index contributed by atoms with van der Waals surface area (Å²) in [5.74, 6) is 0.730. The van der Waals surface area contributed by atoms with Gasteiger partial charge >= 0.3 is 6.03 Å². The molecule has 132 valence electrons. The molecule has 1 aliphatic rings. The second-order valence-corrected chi connectivity index (χ2v) is 6.19. The number of carbonyl (C=O) groups is 2. The van der Waals surface area contributed by atoms with E-state index in [0.29, 0.717) is 25.3 Å². The Morgan fingerprint density at radius 3 is 2.84 bits per heavy atom. The fourth-order valence-electron chi connectivity index (χ4n) is 3.06. The van der Waals surface area contributed by atoms with Crippen LogP contribution in [0.3, 0.4) is 0 Å². The van der Waals surface area contributed by atoms with Gasteiger partial charge in [-0.3, -0.25) is 10.1 Å². The van der Waals surface area contributed by atoms with Crippen LogP contribution in [-0.2, 0) is 4.79 Å². The van der Waals surface area contributed by atoms with Gasteiger partial charge in [0.2, 0.25) is 5.91 Å². The van der Waals surface area contributed by atoms with Gasteiger partial charge < -0.3 is 10.2 Å². The first-order valence-electron chi connectivity index (χ1n) is 8.53. The first-order chi connectivity index (χ1) is 12.1. The third-order valence-electron chi connectivity index (χ3n) is 4.41. The van der Waals surface area contributed by atoms with Crippen molar-refractivity contribution in [2.75, 3.05) is 18.4 Å². The maximum absolute atomic E-state index is 12.3. The lowest BCUT2D eigenvalue weighted by molar-refractivity contribution is -0.129. The molecule has 1 aromatic carbocycles. The van der Waals surface area contributed by atoms with Crippen molar-refractivity contribution in [2.24, 2.45) is 0 Å². The summed E-state index contributed by atoms with van der Waals surface area (Å²) in [5.41, 5.74) is 1.99. The quantitative estimate of drug-likeness (QED) is 0.896. The Morgan fingerprint density at radius 2 is 2.08 bits per heavy atom. The molecule has 2 N–H and O–H groups in total. The molecule has 2 aromatic rings. The first kappa shape index (κ1) is 17.0. The molecule has 1 atom stereocenters. The molecule has 3 amide bonds. The van der Waals surface area contributed by atoms with E-state index >= 15 is 0 Å². The van der Waals surface area contributed by atoms with Crippen LogP contribution >= 0.6 is 0 Å². The SMILES string of the molecule is CCC(=O)N1CCC(NC(=O)Nc2ccnn2-c2ccccc2C)C1. The Morgan fingerprint density at radius 1 is 1.28 bits per heavy atom. The monoisotopic (exact) mass is 341 g/mol. The van der Waals surface area contributed by atoms with E-state index in [1.807, 2.05) is 38.1 Å². The van der Waals surface area contributed by atoms with Crippen LogP contribution in [0.15, 0.2) is 36.5 Å². The molecular formula is C18H23N5O2. The predicted molar refractivity (Wildman–Crippen MR) is 95.7 cm³/mol. The summed E-state index contributed by atoms with van der Waals surface area (Å²) >= 11 is 0. The number of hydrogen-bond donors (Lipinski definition) is 2. The van der Waals surface area contributed by atoms with Crippen molar-refractivity contribution in [3.05, 3.63) is 42.1 Å². The smallest absolute Gasteiger partial charge is 0.320 e. The van der Waals surface area contributed by atoms with Gasteiger partial charge in [0.15, 0.2) is 0 Å². The minimum Gasteiger partial charge on any atom is -0.341 e. The fourth-order valence-corrected chi connectivity index (χ4v) is 3.06. The van der Waals surface area contributed by atoms with Gasteiger partial charge in [-0.2, -0.15) is 5.10 Å². The maximum atomic E-state index is 12.3. The molecule has 2 heterocycles. The highest BCUT2D eigenvalue weighted by Gasteiger charge is 2.26. The number of rotatable bonds is 4. The summed E-state index contributed by atoms with van der Waals surface area (Å²) in [6, 6.07) is 9.30. The number of aromatic nitrogens is 2. The maximum Gasteiger partial charge on any atom is 0.320 e. The summed E-state index contributed by atoms with van der Waals surface area (Å²) in [6.45, 7) is 5.11. The highest BCUT2D eigenvalue weighted by atomic mass is 16.2. The molecule has 0 radical (unpaired) electrons. The van der Waals surface area contributed by atoms with Crippen LogP contribution < -0.4 is 10.6 Å². The van der Waals surface area contributed by atoms with E-state index in [0.717, 1.165) is 17.7 Å². The van der Waals surface area contributed by atoms with Gasteiger partial charge in [-0.05, 0) is 25.0 Å². The molecule has 7 heteroatoms. The van der Waals surface area contributed by atoms with Crippen molar-refractivity contribution in [1.29, 1.82) is 0 Å². The van der Waals surface area contributed by atoms with E-state index in [9.17, 15) is 9.59 Å². The molecule has 3 rings (SSSR count). The Bertz CT molecular complexity index is 770. The molecule has 25 heavy (non-hydrogen) atoms. The van der Waals surface area contributed by atoms with E-state index in [1.165, 1.54) is 0 Å². The van der Waals surface area contributed by atoms with Gasteiger partial charge in [-0.25, -0.2) is 9.48 Å². The van der Waals surface area contributed by atoms with E-state index < -0.39 is 0 Å².